The molecule has 5 heteroatoms. The first kappa shape index (κ1) is 9.12. The van der Waals surface area contributed by atoms with Crippen LogP contribution in [0.2, 0.25) is 0 Å². The van der Waals surface area contributed by atoms with Crippen LogP contribution < -0.4 is 3.96 Å². The monoisotopic (exact) mass is 187 g/mol. The minimum atomic E-state index is -0.312. The molecule has 1 aromatic heterocycles. The van der Waals surface area contributed by atoms with Gasteiger partial charge in [0.1, 0.15) is 11.5 Å². The Hall–Kier alpha value is -0.970. The highest BCUT2D eigenvalue weighted by Crippen LogP contribution is 2.23. The number of hydrogen-bond donors (Lipinski definition) is 0. The van der Waals surface area contributed by atoms with Crippen LogP contribution in [0.25, 0.3) is 0 Å². The Labute approximate surface area is 74.8 Å². The highest BCUT2D eigenvalue weighted by Gasteiger charge is 2.28. The number of aromatic nitrogens is 1. The second-order valence-electron chi connectivity index (χ2n) is 2.53. The molecule has 0 aliphatic carbocycles. The molecule has 0 aliphatic heterocycles. The molecule has 0 atom stereocenters. The van der Waals surface area contributed by atoms with E-state index in [1.165, 1.54) is 11.5 Å². The van der Waals surface area contributed by atoms with Crippen LogP contribution in [0.15, 0.2) is 0 Å². The molecule has 0 aromatic carbocycles. The maximum Gasteiger partial charge on any atom is 0.354 e. The molecule has 0 N–H and O–H groups in total. The van der Waals surface area contributed by atoms with Crippen molar-refractivity contribution >= 4 is 17.2 Å². The first-order valence-corrected chi connectivity index (χ1v) is 4.50. The van der Waals surface area contributed by atoms with Gasteiger partial charge >= 0.3 is 5.69 Å². The summed E-state index contributed by atoms with van der Waals surface area (Å²) in [5.41, 5.74) is 1.02. The van der Waals surface area contributed by atoms with E-state index < -0.39 is 0 Å². The molecule has 66 valence electrons. The van der Waals surface area contributed by atoms with Crippen LogP contribution in [-0.4, -0.2) is 4.92 Å². The summed E-state index contributed by atoms with van der Waals surface area (Å²) in [6, 6.07) is 0. The summed E-state index contributed by atoms with van der Waals surface area (Å²) in [6.07, 6.45) is 0. The zero-order valence-electron chi connectivity index (χ0n) is 7.33. The predicted octanol–water partition coefficient (Wildman–Crippen LogP) is 1.58. The van der Waals surface area contributed by atoms with Crippen LogP contribution >= 0.6 is 11.5 Å². The van der Waals surface area contributed by atoms with Crippen LogP contribution in [0.5, 0.6) is 0 Å². The molecule has 0 fully saturated rings. The zero-order valence-corrected chi connectivity index (χ0v) is 8.14. The number of aryl methyl sites for hydroxylation is 2. The molecule has 1 heterocycles. The van der Waals surface area contributed by atoms with Gasteiger partial charge in [0.2, 0.25) is 0 Å². The number of rotatable bonds is 2. The molecule has 0 saturated heterocycles. The van der Waals surface area contributed by atoms with E-state index in [2.05, 4.69) is 0 Å². The summed E-state index contributed by atoms with van der Waals surface area (Å²) in [4.78, 5) is 11.0. The Morgan fingerprint density at radius 1 is 1.58 bits per heavy atom. The highest BCUT2D eigenvalue weighted by atomic mass is 32.1. The van der Waals surface area contributed by atoms with Gasteiger partial charge in [-0.15, -0.1) is 3.96 Å². The van der Waals surface area contributed by atoms with E-state index in [1.807, 2.05) is 10.9 Å². The Balaban J connectivity index is 3.28. The third-order valence-corrected chi connectivity index (χ3v) is 2.99. The van der Waals surface area contributed by atoms with Gasteiger partial charge in [-0.25, -0.2) is 0 Å². The van der Waals surface area contributed by atoms with E-state index in [9.17, 15) is 10.1 Å². The fourth-order valence-electron chi connectivity index (χ4n) is 1.21. The van der Waals surface area contributed by atoms with Crippen molar-refractivity contribution < 1.29 is 8.88 Å². The molecular weight excluding hydrogens is 176 g/mol. The maximum atomic E-state index is 10.6. The third kappa shape index (κ3) is 1.32. The normalized spacial score (nSPS) is 10.2. The van der Waals surface area contributed by atoms with Gasteiger partial charge in [0.05, 0.1) is 4.92 Å². The quantitative estimate of drug-likeness (QED) is 0.401. The lowest BCUT2D eigenvalue weighted by atomic mass is 10.3. The van der Waals surface area contributed by atoms with Crippen molar-refractivity contribution in [1.82, 2.24) is 0 Å². The Kier molecular flexibility index (Phi) is 2.42. The van der Waals surface area contributed by atoms with Crippen LogP contribution in [0.3, 0.4) is 0 Å². The molecule has 1 rings (SSSR count). The molecule has 0 radical (unpaired) electrons. The second kappa shape index (κ2) is 3.18. The standard InChI is InChI=1S/C7H11N2O2S/c1-4-8-5(2)7(9(10)11)6(3)12-8/h4H2,1-3H3/q+1. The van der Waals surface area contributed by atoms with Crippen LogP contribution in [0.4, 0.5) is 5.69 Å². The second-order valence-corrected chi connectivity index (χ2v) is 3.77. The Morgan fingerprint density at radius 3 is 2.42 bits per heavy atom. The SMILES string of the molecule is CC[n+]1sc(C)c([N+](=O)[O-])c1C. The van der Waals surface area contributed by atoms with Gasteiger partial charge < -0.3 is 0 Å². The topological polar surface area (TPSA) is 47.0 Å². The number of nitrogens with zero attached hydrogens (tertiary/aromatic N) is 2. The average Bonchev–Trinajstić information content (AvgIpc) is 2.25. The van der Waals surface area contributed by atoms with Crippen molar-refractivity contribution in [3.63, 3.8) is 0 Å². The van der Waals surface area contributed by atoms with Gasteiger partial charge in [0.25, 0.3) is 5.69 Å². The summed E-state index contributed by atoms with van der Waals surface area (Å²) in [5.74, 6) is 0. The van der Waals surface area contributed by atoms with Crippen molar-refractivity contribution in [1.29, 1.82) is 0 Å². The first-order valence-electron chi connectivity index (χ1n) is 3.72. The van der Waals surface area contributed by atoms with Crippen LogP contribution in [0, 0.1) is 24.0 Å². The van der Waals surface area contributed by atoms with Gasteiger partial charge in [-0.1, -0.05) is 0 Å². The lowest BCUT2D eigenvalue weighted by Gasteiger charge is -1.85. The van der Waals surface area contributed by atoms with Crippen molar-refractivity contribution in [3.8, 4) is 0 Å². The molecule has 0 unspecified atom stereocenters. The molecule has 0 aliphatic rings. The van der Waals surface area contributed by atoms with Crippen molar-refractivity contribution in [2.75, 3.05) is 0 Å². The molecule has 0 saturated carbocycles. The van der Waals surface area contributed by atoms with Gasteiger partial charge in [0.15, 0.2) is 11.4 Å². The first-order chi connectivity index (χ1) is 5.57. The highest BCUT2D eigenvalue weighted by molar-refractivity contribution is 7.02. The predicted molar refractivity (Wildman–Crippen MR) is 46.3 cm³/mol. The summed E-state index contributed by atoms with van der Waals surface area (Å²) in [6.45, 7) is 6.34. The van der Waals surface area contributed by atoms with E-state index in [0.717, 1.165) is 17.1 Å². The lowest BCUT2D eigenvalue weighted by Crippen LogP contribution is -2.29. The molecule has 12 heavy (non-hydrogen) atoms. The molecule has 0 amide bonds. The van der Waals surface area contributed by atoms with Crippen LogP contribution in [-0.2, 0) is 6.54 Å². The average molecular weight is 187 g/mol. The van der Waals surface area contributed by atoms with Gasteiger partial charge in [-0.3, -0.25) is 10.1 Å². The molecule has 4 nitrogen and oxygen atoms in total. The van der Waals surface area contributed by atoms with Gasteiger partial charge in [-0.2, -0.15) is 0 Å². The van der Waals surface area contributed by atoms with Gasteiger partial charge in [-0.05, 0) is 13.8 Å². The number of nitro groups is 1. The van der Waals surface area contributed by atoms with E-state index >= 15 is 0 Å². The summed E-state index contributed by atoms with van der Waals surface area (Å²) < 4.78 is 1.92. The summed E-state index contributed by atoms with van der Waals surface area (Å²) in [7, 11) is 0. The fraction of sp³-hybridized carbons (Fsp3) is 0.571. The molecule has 0 spiro atoms. The van der Waals surface area contributed by atoms with E-state index in [1.54, 1.807) is 13.8 Å². The smallest absolute Gasteiger partial charge is 0.258 e. The molecule has 1 aromatic rings. The van der Waals surface area contributed by atoms with Gasteiger partial charge in [0, 0.05) is 6.92 Å². The largest absolute Gasteiger partial charge is 0.354 e. The maximum absolute atomic E-state index is 10.6. The van der Waals surface area contributed by atoms with Crippen molar-refractivity contribution in [3.05, 3.63) is 20.7 Å². The minimum absolute atomic E-state index is 0.266. The minimum Gasteiger partial charge on any atom is -0.258 e. The Morgan fingerprint density at radius 2 is 2.17 bits per heavy atom. The van der Waals surface area contributed by atoms with E-state index in [0.29, 0.717) is 0 Å². The molecular formula is C7H11N2O2S+. The summed E-state index contributed by atoms with van der Waals surface area (Å²) in [5, 5.41) is 10.6. The van der Waals surface area contributed by atoms with E-state index in [4.69, 9.17) is 0 Å². The third-order valence-electron chi connectivity index (χ3n) is 1.77. The zero-order chi connectivity index (χ0) is 9.30. The molecule has 0 bridgehead atoms. The van der Waals surface area contributed by atoms with Crippen molar-refractivity contribution in [2.45, 2.75) is 27.3 Å². The number of hydrogen-bond acceptors (Lipinski definition) is 3. The lowest BCUT2D eigenvalue weighted by molar-refractivity contribution is -0.634. The van der Waals surface area contributed by atoms with Crippen molar-refractivity contribution in [2.24, 2.45) is 0 Å². The van der Waals surface area contributed by atoms with E-state index in [-0.39, 0.29) is 10.6 Å². The fourth-order valence-corrected chi connectivity index (χ4v) is 2.20. The van der Waals surface area contributed by atoms with Crippen LogP contribution in [0.1, 0.15) is 17.5 Å². The summed E-state index contributed by atoms with van der Waals surface area (Å²) >= 11 is 1.44. The Bertz CT molecular complexity index is 319.